The Kier molecular flexibility index (Phi) is 5.22. The number of aliphatic imine (C=N–C) groups is 1. The lowest BCUT2D eigenvalue weighted by Gasteiger charge is -2.10. The van der Waals surface area contributed by atoms with Crippen molar-refractivity contribution in [1.82, 2.24) is 0 Å². The summed E-state index contributed by atoms with van der Waals surface area (Å²) in [7, 11) is 0. The van der Waals surface area contributed by atoms with Crippen LogP contribution in [0.3, 0.4) is 0 Å². The highest BCUT2D eigenvalue weighted by atomic mass is 79.9. The fourth-order valence-corrected chi connectivity index (χ4v) is 2.47. The first-order chi connectivity index (χ1) is 11.3. The van der Waals surface area contributed by atoms with Gasteiger partial charge >= 0.3 is 0 Å². The molecule has 0 aliphatic heterocycles. The number of hydrogen-bond donors (Lipinski definition) is 0. The van der Waals surface area contributed by atoms with Gasteiger partial charge in [0.2, 0.25) is 0 Å². The first-order valence-corrected chi connectivity index (χ1v) is 8.16. The molecular formula is C20H16BrNO. The second-order valence-electron chi connectivity index (χ2n) is 5.05. The van der Waals surface area contributed by atoms with Crippen molar-refractivity contribution < 1.29 is 4.74 Å². The molecule has 0 fully saturated rings. The molecule has 3 heteroatoms. The average molecular weight is 366 g/mol. The zero-order chi connectivity index (χ0) is 15.9. The minimum atomic E-state index is 0.531. The zero-order valence-corrected chi connectivity index (χ0v) is 14.1. The van der Waals surface area contributed by atoms with E-state index in [9.17, 15) is 0 Å². The highest BCUT2D eigenvalue weighted by molar-refractivity contribution is 9.10. The van der Waals surface area contributed by atoms with E-state index in [1.807, 2.05) is 72.9 Å². The molecule has 0 amide bonds. The molecule has 3 rings (SSSR count). The minimum absolute atomic E-state index is 0.531. The van der Waals surface area contributed by atoms with E-state index in [1.165, 1.54) is 0 Å². The molecule has 0 atom stereocenters. The molecule has 0 aliphatic carbocycles. The van der Waals surface area contributed by atoms with Gasteiger partial charge in [0.15, 0.2) is 0 Å². The van der Waals surface area contributed by atoms with Gasteiger partial charge in [0.1, 0.15) is 12.4 Å². The van der Waals surface area contributed by atoms with Crippen LogP contribution in [-0.2, 0) is 6.61 Å². The smallest absolute Gasteiger partial charge is 0.129 e. The predicted molar refractivity (Wildman–Crippen MR) is 98.6 cm³/mol. The Hall–Kier alpha value is -2.39. The molecule has 0 spiro atoms. The summed E-state index contributed by atoms with van der Waals surface area (Å²) < 4.78 is 6.95. The molecule has 0 saturated carbocycles. The van der Waals surface area contributed by atoms with Gasteiger partial charge < -0.3 is 4.74 Å². The summed E-state index contributed by atoms with van der Waals surface area (Å²) in [6.45, 7) is 0.531. The van der Waals surface area contributed by atoms with Crippen LogP contribution in [0.1, 0.15) is 11.1 Å². The third-order valence-electron chi connectivity index (χ3n) is 3.32. The number of rotatable bonds is 5. The van der Waals surface area contributed by atoms with Crippen LogP contribution in [0.2, 0.25) is 0 Å². The van der Waals surface area contributed by atoms with E-state index in [-0.39, 0.29) is 0 Å². The molecule has 3 aromatic carbocycles. The van der Waals surface area contributed by atoms with Crippen LogP contribution in [0, 0.1) is 0 Å². The van der Waals surface area contributed by atoms with E-state index in [4.69, 9.17) is 4.74 Å². The summed E-state index contributed by atoms with van der Waals surface area (Å²) in [6.07, 6.45) is 1.84. The second kappa shape index (κ2) is 7.75. The lowest BCUT2D eigenvalue weighted by molar-refractivity contribution is 0.305. The number of halogens is 1. The first kappa shape index (κ1) is 15.5. The summed E-state index contributed by atoms with van der Waals surface area (Å²) >= 11 is 3.49. The maximum absolute atomic E-state index is 5.97. The van der Waals surface area contributed by atoms with Gasteiger partial charge in [0, 0.05) is 16.3 Å². The van der Waals surface area contributed by atoms with Crippen molar-refractivity contribution in [2.75, 3.05) is 0 Å². The van der Waals surface area contributed by atoms with Crippen molar-refractivity contribution in [2.45, 2.75) is 6.61 Å². The summed E-state index contributed by atoms with van der Waals surface area (Å²) in [5, 5.41) is 0. The van der Waals surface area contributed by atoms with Crippen molar-refractivity contribution in [3.05, 3.63) is 94.5 Å². The molecule has 0 radical (unpaired) electrons. The van der Waals surface area contributed by atoms with Crippen LogP contribution in [0.5, 0.6) is 5.75 Å². The first-order valence-electron chi connectivity index (χ1n) is 7.37. The molecule has 0 aliphatic rings. The lowest BCUT2D eigenvalue weighted by atomic mass is 10.2. The Balaban J connectivity index is 1.79. The number of ether oxygens (including phenoxy) is 1. The van der Waals surface area contributed by atoms with E-state index in [2.05, 4.69) is 33.1 Å². The summed E-state index contributed by atoms with van der Waals surface area (Å²) in [5.74, 6) is 0.808. The van der Waals surface area contributed by atoms with E-state index < -0.39 is 0 Å². The van der Waals surface area contributed by atoms with Crippen LogP contribution in [0.15, 0.2) is 88.3 Å². The van der Waals surface area contributed by atoms with Crippen molar-refractivity contribution in [1.29, 1.82) is 0 Å². The molecule has 23 heavy (non-hydrogen) atoms. The third kappa shape index (κ3) is 4.54. The number of nitrogens with zero attached hydrogens (tertiary/aromatic N) is 1. The number of hydrogen-bond acceptors (Lipinski definition) is 2. The van der Waals surface area contributed by atoms with Crippen molar-refractivity contribution in [2.24, 2.45) is 4.99 Å². The number of benzene rings is 3. The van der Waals surface area contributed by atoms with E-state index in [0.717, 1.165) is 27.0 Å². The monoisotopic (exact) mass is 365 g/mol. The molecule has 0 N–H and O–H groups in total. The molecule has 114 valence electrons. The van der Waals surface area contributed by atoms with Gasteiger partial charge in [0.05, 0.1) is 5.69 Å². The highest BCUT2D eigenvalue weighted by Crippen LogP contribution is 2.24. The predicted octanol–water partition coefficient (Wildman–Crippen LogP) is 5.78. The van der Waals surface area contributed by atoms with Crippen LogP contribution >= 0.6 is 15.9 Å². The molecule has 0 bridgehead atoms. The van der Waals surface area contributed by atoms with Crippen molar-refractivity contribution in [3.8, 4) is 5.75 Å². The SMILES string of the molecule is Brc1ccc(/C=N\c2ccccc2)c(OCc2ccccc2)c1. The van der Waals surface area contributed by atoms with Gasteiger partial charge in [-0.15, -0.1) is 0 Å². The maximum atomic E-state index is 5.97. The standard InChI is InChI=1S/C20H16BrNO/c21-18-12-11-17(14-22-19-9-5-2-6-10-19)20(13-18)23-15-16-7-3-1-4-8-16/h1-14H,15H2/b22-14-. The van der Waals surface area contributed by atoms with E-state index in [0.29, 0.717) is 6.61 Å². The average Bonchev–Trinajstić information content (AvgIpc) is 2.61. The second-order valence-corrected chi connectivity index (χ2v) is 5.97. The van der Waals surface area contributed by atoms with Crippen LogP contribution in [-0.4, -0.2) is 6.21 Å². The number of para-hydroxylation sites is 1. The normalized spacial score (nSPS) is 10.8. The molecule has 0 aromatic heterocycles. The Bertz CT molecular complexity index is 785. The molecule has 3 aromatic rings. The fraction of sp³-hybridized carbons (Fsp3) is 0.0500. The van der Waals surface area contributed by atoms with Gasteiger partial charge in [0.25, 0.3) is 0 Å². The minimum Gasteiger partial charge on any atom is -0.488 e. The van der Waals surface area contributed by atoms with Crippen LogP contribution in [0.4, 0.5) is 5.69 Å². The topological polar surface area (TPSA) is 21.6 Å². The van der Waals surface area contributed by atoms with Gasteiger partial charge in [-0.05, 0) is 35.9 Å². The Morgan fingerprint density at radius 3 is 2.30 bits per heavy atom. The van der Waals surface area contributed by atoms with Crippen LogP contribution in [0.25, 0.3) is 0 Å². The Labute approximate surface area is 144 Å². The lowest BCUT2D eigenvalue weighted by Crippen LogP contribution is -1.98. The molecule has 0 saturated heterocycles. The van der Waals surface area contributed by atoms with Gasteiger partial charge in [-0.2, -0.15) is 0 Å². The molecule has 0 unspecified atom stereocenters. The largest absolute Gasteiger partial charge is 0.488 e. The van der Waals surface area contributed by atoms with Crippen LogP contribution < -0.4 is 4.74 Å². The Morgan fingerprint density at radius 2 is 1.57 bits per heavy atom. The van der Waals surface area contributed by atoms with E-state index in [1.54, 1.807) is 0 Å². The summed E-state index contributed by atoms with van der Waals surface area (Å²) in [5.41, 5.74) is 3.01. The quantitative estimate of drug-likeness (QED) is 0.525. The van der Waals surface area contributed by atoms with E-state index >= 15 is 0 Å². The fourth-order valence-electron chi connectivity index (χ4n) is 2.13. The summed E-state index contributed by atoms with van der Waals surface area (Å²) in [4.78, 5) is 4.50. The Morgan fingerprint density at radius 1 is 0.870 bits per heavy atom. The highest BCUT2D eigenvalue weighted by Gasteiger charge is 2.03. The molecule has 0 heterocycles. The van der Waals surface area contributed by atoms with Gasteiger partial charge in [-0.25, -0.2) is 0 Å². The van der Waals surface area contributed by atoms with Gasteiger partial charge in [-0.1, -0.05) is 64.5 Å². The van der Waals surface area contributed by atoms with Crippen molar-refractivity contribution >= 4 is 27.8 Å². The molecular weight excluding hydrogens is 350 g/mol. The molecule has 2 nitrogen and oxygen atoms in total. The zero-order valence-electron chi connectivity index (χ0n) is 12.5. The van der Waals surface area contributed by atoms with Gasteiger partial charge in [-0.3, -0.25) is 4.99 Å². The van der Waals surface area contributed by atoms with Crippen molar-refractivity contribution in [3.63, 3.8) is 0 Å². The third-order valence-corrected chi connectivity index (χ3v) is 3.81. The maximum Gasteiger partial charge on any atom is 0.129 e. The summed E-state index contributed by atoms with van der Waals surface area (Å²) in [6, 6.07) is 25.9.